The van der Waals surface area contributed by atoms with Gasteiger partial charge in [0, 0.05) is 0 Å². The summed E-state index contributed by atoms with van der Waals surface area (Å²) in [5.74, 6) is -53.3. The standard InChI is InChI=1S/C8HF15O2.C4H12N/c9-2(10,1(24)25)3(11,12)4(13,14)5(15,16)6(17,18)7(19,20)8(21,22)23;1-5(2,3)4/h(H,24,25);1-4H3/q;+1/p-1. The maximum Gasteiger partial charge on any atom is 0.460 e. The third kappa shape index (κ3) is 4.99. The summed E-state index contributed by atoms with van der Waals surface area (Å²) in [6, 6.07) is 0. The number of hydrogen-bond acceptors (Lipinski definition) is 2. The molecule has 0 fully saturated rings. The van der Waals surface area contributed by atoms with E-state index in [1.165, 1.54) is 0 Å². The van der Waals surface area contributed by atoms with Gasteiger partial charge >= 0.3 is 41.7 Å². The largest absolute Gasteiger partial charge is 0.544 e. The number of alkyl halides is 15. The molecule has 0 unspecified atom stereocenters. The van der Waals surface area contributed by atoms with E-state index in [0.29, 0.717) is 0 Å². The van der Waals surface area contributed by atoms with E-state index >= 15 is 0 Å². The third-order valence-corrected chi connectivity index (χ3v) is 2.58. The van der Waals surface area contributed by atoms with Gasteiger partial charge < -0.3 is 14.4 Å². The Morgan fingerprint density at radius 2 is 0.733 bits per heavy atom. The topological polar surface area (TPSA) is 40.1 Å². The number of aliphatic carboxylic acids is 1. The average molecular weight is 487 g/mol. The number of halogens is 15. The van der Waals surface area contributed by atoms with Gasteiger partial charge in [0.05, 0.1) is 28.2 Å². The van der Waals surface area contributed by atoms with Crippen molar-refractivity contribution >= 4 is 5.97 Å². The first-order valence-electron chi connectivity index (χ1n) is 6.78. The Balaban J connectivity index is 0. The molecule has 0 aromatic heterocycles. The van der Waals surface area contributed by atoms with E-state index in [0.717, 1.165) is 4.48 Å². The lowest BCUT2D eigenvalue weighted by Gasteiger charge is -2.41. The summed E-state index contributed by atoms with van der Waals surface area (Å²) in [6.07, 6.45) is -7.71. The molecule has 0 radical (unpaired) electrons. The van der Waals surface area contributed by atoms with Gasteiger partial charge in [0.1, 0.15) is 5.97 Å². The zero-order valence-corrected chi connectivity index (χ0v) is 14.9. The minimum atomic E-state index is -8.50. The molecule has 0 aromatic carbocycles. The van der Waals surface area contributed by atoms with Crippen LogP contribution in [-0.2, 0) is 4.79 Å². The van der Waals surface area contributed by atoms with E-state index in [4.69, 9.17) is 0 Å². The Labute approximate surface area is 157 Å². The predicted octanol–water partition coefficient (Wildman–Crippen LogP) is 3.43. The molecule has 0 saturated carbocycles. The first-order valence-corrected chi connectivity index (χ1v) is 6.78. The Morgan fingerprint density at radius 1 is 0.533 bits per heavy atom. The van der Waals surface area contributed by atoms with Gasteiger partial charge in [-0.1, -0.05) is 0 Å². The molecular weight excluding hydrogens is 475 g/mol. The molecule has 18 heteroatoms. The smallest absolute Gasteiger partial charge is 0.460 e. The van der Waals surface area contributed by atoms with E-state index in [1.54, 1.807) is 0 Å². The van der Waals surface area contributed by atoms with Crippen molar-refractivity contribution in [1.82, 2.24) is 0 Å². The van der Waals surface area contributed by atoms with Gasteiger partial charge in [-0.15, -0.1) is 0 Å². The highest BCUT2D eigenvalue weighted by Gasteiger charge is 2.93. The zero-order chi connectivity index (χ0) is 25.6. The summed E-state index contributed by atoms with van der Waals surface area (Å²) in [6.45, 7) is 0. The molecule has 0 aliphatic carbocycles. The van der Waals surface area contributed by atoms with Crippen LogP contribution in [0.25, 0.3) is 0 Å². The van der Waals surface area contributed by atoms with Crippen molar-refractivity contribution < 1.29 is 80.2 Å². The summed E-state index contributed by atoms with van der Waals surface area (Å²) in [4.78, 5) is 9.61. The monoisotopic (exact) mass is 487 g/mol. The lowest BCUT2D eigenvalue weighted by Crippen LogP contribution is -2.74. The minimum Gasteiger partial charge on any atom is -0.544 e. The molecule has 0 heterocycles. The maximum atomic E-state index is 12.8. The van der Waals surface area contributed by atoms with Crippen LogP contribution in [0.5, 0.6) is 0 Å². The van der Waals surface area contributed by atoms with Gasteiger partial charge in [-0.05, 0) is 0 Å². The van der Waals surface area contributed by atoms with Crippen LogP contribution >= 0.6 is 0 Å². The van der Waals surface area contributed by atoms with Crippen molar-refractivity contribution in [3.05, 3.63) is 0 Å². The van der Waals surface area contributed by atoms with Crippen LogP contribution in [-0.4, -0.2) is 80.4 Å². The van der Waals surface area contributed by atoms with Gasteiger partial charge in [-0.25, -0.2) is 0 Å². The number of carbonyl (C=O) groups is 1. The fraction of sp³-hybridized carbons (Fsp3) is 0.917. The minimum absolute atomic E-state index is 1.00. The van der Waals surface area contributed by atoms with Crippen LogP contribution in [0.2, 0.25) is 0 Å². The van der Waals surface area contributed by atoms with E-state index in [-0.39, 0.29) is 0 Å². The molecule has 182 valence electrons. The predicted molar refractivity (Wildman–Crippen MR) is 64.7 cm³/mol. The van der Waals surface area contributed by atoms with Gasteiger partial charge in [-0.3, -0.25) is 0 Å². The van der Waals surface area contributed by atoms with Crippen LogP contribution in [0.1, 0.15) is 0 Å². The highest BCUT2D eigenvalue weighted by atomic mass is 19.4. The van der Waals surface area contributed by atoms with Crippen LogP contribution in [0.3, 0.4) is 0 Å². The molecule has 0 amide bonds. The normalized spacial score (nSPS) is 15.4. The number of nitrogens with zero attached hydrogens (tertiary/aromatic N) is 1. The second-order valence-electron chi connectivity index (χ2n) is 6.91. The second kappa shape index (κ2) is 7.81. The lowest BCUT2D eigenvalue weighted by atomic mass is 9.91. The van der Waals surface area contributed by atoms with Crippen molar-refractivity contribution in [2.75, 3.05) is 28.2 Å². The van der Waals surface area contributed by atoms with E-state index in [1.807, 2.05) is 0 Å². The number of rotatable bonds is 6. The molecule has 0 aliphatic heterocycles. The van der Waals surface area contributed by atoms with Crippen molar-refractivity contribution in [2.45, 2.75) is 41.7 Å². The summed E-state index contributed by atoms with van der Waals surface area (Å²) in [5, 5.41) is 9.61. The van der Waals surface area contributed by atoms with Crippen molar-refractivity contribution in [3.63, 3.8) is 0 Å². The van der Waals surface area contributed by atoms with E-state index in [9.17, 15) is 75.8 Å². The Hall–Kier alpha value is -1.62. The Kier molecular flexibility index (Phi) is 7.96. The molecule has 0 aliphatic rings. The Bertz CT molecular complexity index is 612. The molecule has 0 spiro atoms. The quantitative estimate of drug-likeness (QED) is 0.426. The molecule has 30 heavy (non-hydrogen) atoms. The molecule has 0 rings (SSSR count). The summed E-state index contributed by atoms with van der Waals surface area (Å²) in [5.41, 5.74) is 0. The fourth-order valence-corrected chi connectivity index (χ4v) is 1.09. The summed E-state index contributed by atoms with van der Waals surface area (Å²) < 4.78 is 187. The first-order chi connectivity index (χ1) is 12.4. The first kappa shape index (κ1) is 30.6. The van der Waals surface area contributed by atoms with Crippen LogP contribution in [0, 0.1) is 0 Å². The Morgan fingerprint density at radius 3 is 0.933 bits per heavy atom. The second-order valence-corrected chi connectivity index (χ2v) is 6.91. The number of carbonyl (C=O) groups excluding carboxylic acids is 1. The number of hydrogen-bond donors (Lipinski definition) is 0. The summed E-state index contributed by atoms with van der Waals surface area (Å²) in [7, 11) is 8.50. The molecule has 0 atom stereocenters. The van der Waals surface area contributed by atoms with Crippen LogP contribution < -0.4 is 5.11 Å². The van der Waals surface area contributed by atoms with Crippen molar-refractivity contribution in [2.24, 2.45) is 0 Å². The van der Waals surface area contributed by atoms with E-state index < -0.39 is 47.7 Å². The highest BCUT2D eigenvalue weighted by molar-refractivity contribution is 5.75. The third-order valence-electron chi connectivity index (χ3n) is 2.58. The molecule has 0 aromatic rings. The maximum absolute atomic E-state index is 12.8. The van der Waals surface area contributed by atoms with Crippen molar-refractivity contribution in [3.8, 4) is 0 Å². The van der Waals surface area contributed by atoms with Crippen LogP contribution in [0.15, 0.2) is 0 Å². The van der Waals surface area contributed by atoms with E-state index in [2.05, 4.69) is 28.2 Å². The lowest BCUT2D eigenvalue weighted by molar-refractivity contribution is -0.849. The molecule has 0 saturated heterocycles. The van der Waals surface area contributed by atoms with Crippen LogP contribution in [0.4, 0.5) is 65.9 Å². The average Bonchev–Trinajstić information content (AvgIpc) is 2.42. The molecule has 0 N–H and O–H groups in total. The molecule has 0 bridgehead atoms. The number of carboxylic acid groups (broad SMARTS) is 1. The number of carboxylic acids is 1. The molecule has 3 nitrogen and oxygen atoms in total. The number of quaternary nitrogens is 1. The fourth-order valence-electron chi connectivity index (χ4n) is 1.09. The van der Waals surface area contributed by atoms with Gasteiger partial charge in [0.15, 0.2) is 0 Å². The van der Waals surface area contributed by atoms with Gasteiger partial charge in [-0.2, -0.15) is 65.9 Å². The van der Waals surface area contributed by atoms with Gasteiger partial charge in [0.25, 0.3) is 0 Å². The summed E-state index contributed by atoms with van der Waals surface area (Å²) >= 11 is 0. The SMILES string of the molecule is C[N+](C)(C)C.O=C([O-])C(F)(F)C(F)(F)C(F)(F)C(F)(F)C(F)(F)C(F)(F)C(F)(F)F. The molecular formula is C12H12F15NO2. The zero-order valence-electron chi connectivity index (χ0n) is 14.9. The van der Waals surface area contributed by atoms with Crippen molar-refractivity contribution in [1.29, 1.82) is 0 Å². The van der Waals surface area contributed by atoms with Gasteiger partial charge in [0.2, 0.25) is 0 Å². The highest BCUT2D eigenvalue weighted by Crippen LogP contribution is 2.62.